The smallest absolute Gasteiger partial charge is 0.223 e. The second-order valence-corrected chi connectivity index (χ2v) is 3.48. The first-order valence-corrected chi connectivity index (χ1v) is 4.08. The van der Waals surface area contributed by atoms with Crippen LogP contribution in [0.15, 0.2) is 0 Å². The van der Waals surface area contributed by atoms with E-state index in [2.05, 4.69) is 12.2 Å². The summed E-state index contributed by atoms with van der Waals surface area (Å²) in [5, 5.41) is 2.93. The Bertz CT molecular complexity index is 167. The Morgan fingerprint density at radius 1 is 1.60 bits per heavy atom. The monoisotopic (exact) mass is 139 g/mol. The molecule has 0 aromatic heterocycles. The average Bonchev–Trinajstić information content (AvgIpc) is 2.57. The van der Waals surface area contributed by atoms with E-state index in [-0.39, 0.29) is 0 Å². The van der Waals surface area contributed by atoms with Crippen LogP contribution in [0.2, 0.25) is 0 Å². The van der Waals surface area contributed by atoms with Crippen molar-refractivity contribution in [2.45, 2.75) is 19.8 Å². The highest BCUT2D eigenvalue weighted by molar-refractivity contribution is 5.82. The lowest BCUT2D eigenvalue weighted by molar-refractivity contribution is -0.122. The van der Waals surface area contributed by atoms with Crippen molar-refractivity contribution in [2.75, 3.05) is 6.54 Å². The lowest BCUT2D eigenvalue weighted by Crippen LogP contribution is -2.25. The maximum absolute atomic E-state index is 11.2. The Kier molecular flexibility index (Phi) is 1.22. The van der Waals surface area contributed by atoms with E-state index in [4.69, 9.17) is 0 Å². The van der Waals surface area contributed by atoms with Gasteiger partial charge in [0.05, 0.1) is 0 Å². The third-order valence-electron chi connectivity index (χ3n) is 2.88. The standard InChI is InChI=1S/C8H13NO/c1-5-6-3-2-4-9-8(10)7(5)6/h5-7H,2-4H2,1H3,(H,9,10). The van der Waals surface area contributed by atoms with Crippen LogP contribution in [-0.4, -0.2) is 12.5 Å². The summed E-state index contributed by atoms with van der Waals surface area (Å²) in [5.74, 6) is 2.07. The summed E-state index contributed by atoms with van der Waals surface area (Å²) < 4.78 is 0. The molecule has 1 heterocycles. The van der Waals surface area contributed by atoms with Crippen LogP contribution in [0, 0.1) is 17.8 Å². The number of nitrogens with one attached hydrogen (secondary N) is 1. The van der Waals surface area contributed by atoms with Crippen LogP contribution < -0.4 is 5.32 Å². The second kappa shape index (κ2) is 1.97. The predicted octanol–water partition coefficient (Wildman–Crippen LogP) is 0.778. The highest BCUT2D eigenvalue weighted by Crippen LogP contribution is 2.49. The van der Waals surface area contributed by atoms with Crippen molar-refractivity contribution in [3.63, 3.8) is 0 Å². The zero-order valence-corrected chi connectivity index (χ0v) is 6.26. The molecule has 56 valence electrons. The largest absolute Gasteiger partial charge is 0.356 e. The summed E-state index contributed by atoms with van der Waals surface area (Å²) in [4.78, 5) is 11.2. The maximum atomic E-state index is 11.2. The third kappa shape index (κ3) is 0.746. The van der Waals surface area contributed by atoms with Gasteiger partial charge in [-0.15, -0.1) is 0 Å². The van der Waals surface area contributed by atoms with Crippen molar-refractivity contribution >= 4 is 5.91 Å². The lowest BCUT2D eigenvalue weighted by Gasteiger charge is -1.99. The van der Waals surface area contributed by atoms with Crippen molar-refractivity contribution in [1.82, 2.24) is 5.32 Å². The van der Waals surface area contributed by atoms with Gasteiger partial charge in [-0.2, -0.15) is 0 Å². The molecular weight excluding hydrogens is 126 g/mol. The fraction of sp³-hybridized carbons (Fsp3) is 0.875. The van der Waals surface area contributed by atoms with Crippen LogP contribution in [0.3, 0.4) is 0 Å². The molecule has 1 aliphatic carbocycles. The highest BCUT2D eigenvalue weighted by atomic mass is 16.2. The molecule has 3 atom stereocenters. The van der Waals surface area contributed by atoms with Gasteiger partial charge in [-0.1, -0.05) is 6.92 Å². The minimum atomic E-state index is 0.301. The fourth-order valence-electron chi connectivity index (χ4n) is 2.09. The van der Waals surface area contributed by atoms with E-state index >= 15 is 0 Å². The van der Waals surface area contributed by atoms with E-state index in [1.165, 1.54) is 12.8 Å². The van der Waals surface area contributed by atoms with Gasteiger partial charge in [0, 0.05) is 12.5 Å². The van der Waals surface area contributed by atoms with Crippen molar-refractivity contribution < 1.29 is 4.79 Å². The fourth-order valence-corrected chi connectivity index (χ4v) is 2.09. The van der Waals surface area contributed by atoms with Crippen molar-refractivity contribution in [1.29, 1.82) is 0 Å². The van der Waals surface area contributed by atoms with Gasteiger partial charge in [-0.25, -0.2) is 0 Å². The number of hydrogen-bond acceptors (Lipinski definition) is 1. The van der Waals surface area contributed by atoms with E-state index in [1.807, 2.05) is 0 Å². The third-order valence-corrected chi connectivity index (χ3v) is 2.88. The molecule has 0 aromatic carbocycles. The topological polar surface area (TPSA) is 29.1 Å². The minimum Gasteiger partial charge on any atom is -0.356 e. The minimum absolute atomic E-state index is 0.301. The Morgan fingerprint density at radius 3 is 3.20 bits per heavy atom. The van der Waals surface area contributed by atoms with Gasteiger partial charge in [-0.05, 0) is 24.7 Å². The number of hydrogen-bond donors (Lipinski definition) is 1. The second-order valence-electron chi connectivity index (χ2n) is 3.48. The van der Waals surface area contributed by atoms with E-state index < -0.39 is 0 Å². The van der Waals surface area contributed by atoms with Crippen molar-refractivity contribution in [2.24, 2.45) is 17.8 Å². The maximum Gasteiger partial charge on any atom is 0.223 e. The zero-order chi connectivity index (χ0) is 7.14. The summed E-state index contributed by atoms with van der Waals surface area (Å²) in [6, 6.07) is 0. The molecule has 1 saturated carbocycles. The van der Waals surface area contributed by atoms with Gasteiger partial charge in [0.25, 0.3) is 0 Å². The molecule has 1 saturated heterocycles. The quantitative estimate of drug-likeness (QED) is 0.528. The van der Waals surface area contributed by atoms with E-state index in [0.717, 1.165) is 12.5 Å². The molecule has 1 N–H and O–H groups in total. The average molecular weight is 139 g/mol. The van der Waals surface area contributed by atoms with Crippen molar-refractivity contribution in [3.05, 3.63) is 0 Å². The van der Waals surface area contributed by atoms with Gasteiger partial charge in [0.1, 0.15) is 0 Å². The van der Waals surface area contributed by atoms with Gasteiger partial charge in [0.15, 0.2) is 0 Å². The van der Waals surface area contributed by atoms with Gasteiger partial charge in [-0.3, -0.25) is 4.79 Å². The van der Waals surface area contributed by atoms with Crippen LogP contribution in [0.25, 0.3) is 0 Å². The highest BCUT2D eigenvalue weighted by Gasteiger charge is 2.51. The molecule has 3 unspecified atom stereocenters. The molecule has 0 radical (unpaired) electrons. The first-order valence-electron chi connectivity index (χ1n) is 4.08. The van der Waals surface area contributed by atoms with Crippen LogP contribution in [-0.2, 0) is 4.79 Å². The normalized spacial score (nSPS) is 45.3. The number of fused-ring (bicyclic) bond motifs is 1. The zero-order valence-electron chi connectivity index (χ0n) is 6.26. The van der Waals surface area contributed by atoms with Crippen LogP contribution >= 0.6 is 0 Å². The van der Waals surface area contributed by atoms with Crippen LogP contribution in [0.1, 0.15) is 19.8 Å². The van der Waals surface area contributed by atoms with E-state index in [1.54, 1.807) is 0 Å². The Balaban J connectivity index is 2.07. The molecule has 2 heteroatoms. The molecule has 0 bridgehead atoms. The number of amides is 1. The summed E-state index contributed by atoms with van der Waals surface area (Å²) >= 11 is 0. The molecule has 1 amide bonds. The first kappa shape index (κ1) is 6.20. The van der Waals surface area contributed by atoms with Gasteiger partial charge in [0.2, 0.25) is 5.91 Å². The summed E-state index contributed by atoms with van der Waals surface area (Å²) in [5.41, 5.74) is 0. The first-order chi connectivity index (χ1) is 4.80. The molecule has 2 aliphatic rings. The molecule has 0 aromatic rings. The van der Waals surface area contributed by atoms with Crippen LogP contribution in [0.4, 0.5) is 0 Å². The molecule has 2 fully saturated rings. The molecule has 10 heavy (non-hydrogen) atoms. The van der Waals surface area contributed by atoms with Gasteiger partial charge < -0.3 is 5.32 Å². The SMILES string of the molecule is CC1C2CCCNC(=O)C12. The van der Waals surface area contributed by atoms with E-state index in [9.17, 15) is 4.79 Å². The molecule has 1 aliphatic heterocycles. The molecule has 0 spiro atoms. The number of rotatable bonds is 0. The number of carbonyl (C=O) groups excluding carboxylic acids is 1. The molecular formula is C8H13NO. The van der Waals surface area contributed by atoms with Gasteiger partial charge >= 0.3 is 0 Å². The predicted molar refractivity (Wildman–Crippen MR) is 38.4 cm³/mol. The Hall–Kier alpha value is -0.530. The van der Waals surface area contributed by atoms with Crippen molar-refractivity contribution in [3.8, 4) is 0 Å². The summed E-state index contributed by atoms with van der Waals surface area (Å²) in [7, 11) is 0. The lowest BCUT2D eigenvalue weighted by atomic mass is 10.2. The Morgan fingerprint density at radius 2 is 2.40 bits per heavy atom. The molecule has 2 nitrogen and oxygen atoms in total. The van der Waals surface area contributed by atoms with E-state index in [0.29, 0.717) is 17.7 Å². The molecule has 2 rings (SSSR count). The Labute approximate surface area is 61.0 Å². The number of carbonyl (C=O) groups is 1. The summed E-state index contributed by atoms with van der Waals surface area (Å²) in [6.07, 6.45) is 2.43. The summed E-state index contributed by atoms with van der Waals surface area (Å²) in [6.45, 7) is 3.08. The van der Waals surface area contributed by atoms with Crippen LogP contribution in [0.5, 0.6) is 0 Å².